The lowest BCUT2D eigenvalue weighted by atomic mass is 9.96. The maximum Gasteiger partial charge on any atom is 0.523 e. The van der Waals surface area contributed by atoms with Crippen molar-refractivity contribution < 1.29 is 109 Å². The van der Waals surface area contributed by atoms with Crippen LogP contribution in [0.25, 0.3) is 0 Å². The van der Waals surface area contributed by atoms with Crippen LogP contribution in [0.15, 0.2) is 40.8 Å². The first kappa shape index (κ1) is 71.5. The first-order valence-corrected chi connectivity index (χ1v) is 31.9. The monoisotopic (exact) mass is 1230 g/mol. The van der Waals surface area contributed by atoms with Crippen molar-refractivity contribution in [3.05, 3.63) is 35.9 Å². The molecule has 34 heteroatoms. The molecule has 0 spiro atoms. The number of benzene rings is 1. The van der Waals surface area contributed by atoms with Crippen LogP contribution in [0.3, 0.4) is 0 Å². The number of nitrogens with one attached hydrogen (secondary N) is 1. The zero-order chi connectivity index (χ0) is 57.3. The van der Waals surface area contributed by atoms with E-state index in [-0.39, 0.29) is 73.4 Å². The summed E-state index contributed by atoms with van der Waals surface area (Å²) in [7, 11) is -10.4. The van der Waals surface area contributed by atoms with Crippen LogP contribution in [0.5, 0.6) is 5.75 Å². The Kier molecular flexibility index (Phi) is 33.0. The van der Waals surface area contributed by atoms with Gasteiger partial charge in [0.1, 0.15) is 11.9 Å². The summed E-state index contributed by atoms with van der Waals surface area (Å²) in [4.78, 5) is 15.4. The van der Waals surface area contributed by atoms with E-state index >= 15 is 0 Å². The highest BCUT2D eigenvalue weighted by molar-refractivity contribution is 7.89. The molecule has 440 valence electrons. The SMILES string of the molecule is COP(=O)(CCO)OC.COP(=O)(CCOS(=O)(=O)C(F)(F)F)OC.COc1ccc(S(=O)(=O)N(CC(C)C)C[C@@H](O)[C@H](CC2=CCN(CCP(=O)(OC)OC)CC2)NC(=O)O[C@H]2CO[C@H]3OCC[C@H]32)cc1.ClCCl. The summed E-state index contributed by atoms with van der Waals surface area (Å²) in [5, 5.41) is 23.0. The van der Waals surface area contributed by atoms with Crippen molar-refractivity contribution in [3.8, 4) is 5.75 Å². The average Bonchev–Trinajstić information content (AvgIpc) is 4.01. The molecule has 3 aliphatic heterocycles. The number of alkyl carbamates (subject to hydrolysis) is 1. The summed E-state index contributed by atoms with van der Waals surface area (Å²) in [6.07, 6.45) is 0.529. The number of amides is 1. The van der Waals surface area contributed by atoms with Crippen LogP contribution in [0.1, 0.15) is 33.1 Å². The van der Waals surface area contributed by atoms with Gasteiger partial charge in [0, 0.05) is 75.4 Å². The van der Waals surface area contributed by atoms with Gasteiger partial charge in [-0.05, 0) is 49.4 Å². The van der Waals surface area contributed by atoms with Crippen LogP contribution in [-0.2, 0) is 79.4 Å². The molecule has 0 aromatic heterocycles. The van der Waals surface area contributed by atoms with Crippen molar-refractivity contribution >= 4 is 72.2 Å². The highest BCUT2D eigenvalue weighted by Crippen LogP contribution is 2.47. The summed E-state index contributed by atoms with van der Waals surface area (Å²) >= 11 is 9.53. The summed E-state index contributed by atoms with van der Waals surface area (Å²) in [6, 6.07) is 5.25. The molecule has 2 saturated heterocycles. The van der Waals surface area contributed by atoms with Crippen LogP contribution in [0.2, 0.25) is 0 Å². The van der Waals surface area contributed by atoms with Gasteiger partial charge in [0.25, 0.3) is 0 Å². The second-order valence-electron chi connectivity index (χ2n) is 16.4. The van der Waals surface area contributed by atoms with Gasteiger partial charge in [-0.1, -0.05) is 25.5 Å². The Morgan fingerprint density at radius 1 is 0.880 bits per heavy atom. The van der Waals surface area contributed by atoms with Crippen LogP contribution >= 0.6 is 46.0 Å². The Hall–Kier alpha value is -1.53. The van der Waals surface area contributed by atoms with Crippen LogP contribution < -0.4 is 10.1 Å². The molecule has 0 unspecified atom stereocenters. The van der Waals surface area contributed by atoms with Crippen molar-refractivity contribution in [2.24, 2.45) is 11.8 Å². The Labute approximate surface area is 448 Å². The molecule has 1 aromatic carbocycles. The molecule has 3 N–H and O–H groups in total. The number of rotatable bonds is 27. The third-order valence-electron chi connectivity index (χ3n) is 11.2. The summed E-state index contributed by atoms with van der Waals surface area (Å²) < 4.78 is 173. The van der Waals surface area contributed by atoms with E-state index in [9.17, 15) is 53.6 Å². The van der Waals surface area contributed by atoms with Crippen LogP contribution in [-0.4, -0.2) is 205 Å². The number of hydrogen-bond acceptors (Lipinski definition) is 22. The number of hydrogen-bond donors (Lipinski definition) is 3. The maximum atomic E-state index is 13.8. The third-order valence-corrected chi connectivity index (χ3v) is 19.6. The smallest absolute Gasteiger partial charge is 0.497 e. The lowest BCUT2D eigenvalue weighted by molar-refractivity contribution is -0.0907. The number of aliphatic hydroxyl groups excluding tert-OH is 2. The van der Waals surface area contributed by atoms with Gasteiger partial charge in [-0.25, -0.2) is 13.2 Å². The van der Waals surface area contributed by atoms with Crippen molar-refractivity contribution in [2.45, 2.75) is 68.1 Å². The molecule has 4 rings (SSSR count). The van der Waals surface area contributed by atoms with Crippen LogP contribution in [0, 0.1) is 11.8 Å². The number of carbonyl (C=O) groups excluding carboxylic acids is 1. The number of ether oxygens (including phenoxy) is 4. The van der Waals surface area contributed by atoms with Crippen molar-refractivity contribution in [1.29, 1.82) is 0 Å². The highest BCUT2D eigenvalue weighted by atomic mass is 35.5. The molecular weight excluding hydrogens is 1160 g/mol. The Balaban J connectivity index is 0.000000821. The van der Waals surface area contributed by atoms with Crippen molar-refractivity contribution in [1.82, 2.24) is 14.5 Å². The van der Waals surface area contributed by atoms with Gasteiger partial charge >= 0.3 is 44.5 Å². The lowest BCUT2D eigenvalue weighted by Gasteiger charge is -2.33. The molecule has 1 aromatic rings. The van der Waals surface area contributed by atoms with Crippen molar-refractivity contribution in [3.63, 3.8) is 0 Å². The molecule has 3 heterocycles. The van der Waals surface area contributed by atoms with E-state index in [1.165, 1.54) is 52.0 Å². The van der Waals surface area contributed by atoms with Gasteiger partial charge in [0.05, 0.1) is 80.3 Å². The molecule has 0 bridgehead atoms. The maximum absolute atomic E-state index is 13.8. The molecular formula is C41H73Cl2F3N3O21P3S2. The molecule has 24 nitrogen and oxygen atoms in total. The number of methoxy groups -OCH3 is 1. The Morgan fingerprint density at radius 2 is 1.43 bits per heavy atom. The highest BCUT2D eigenvalue weighted by Gasteiger charge is 2.48. The first-order chi connectivity index (χ1) is 35.0. The quantitative estimate of drug-likeness (QED) is 0.0286. The van der Waals surface area contributed by atoms with Crippen LogP contribution in [0.4, 0.5) is 18.0 Å². The third kappa shape index (κ3) is 24.8. The molecule has 1 amide bonds. The minimum atomic E-state index is -5.67. The summed E-state index contributed by atoms with van der Waals surface area (Å²) in [5.41, 5.74) is -4.51. The number of fused-ring (bicyclic) bond motifs is 1. The van der Waals surface area contributed by atoms with E-state index in [1.807, 2.05) is 19.9 Å². The predicted molar refractivity (Wildman–Crippen MR) is 271 cm³/mol. The normalized spacial score (nSPS) is 19.3. The van der Waals surface area contributed by atoms with Gasteiger partial charge in [-0.3, -0.25) is 22.8 Å². The van der Waals surface area contributed by atoms with Gasteiger partial charge in [0.15, 0.2) is 6.29 Å². The van der Waals surface area contributed by atoms with E-state index in [0.717, 1.165) is 26.2 Å². The van der Waals surface area contributed by atoms with Gasteiger partial charge in [-0.15, -0.1) is 23.2 Å². The fourth-order valence-corrected chi connectivity index (χ4v) is 11.8. The zero-order valence-electron chi connectivity index (χ0n) is 43.3. The van der Waals surface area contributed by atoms with Gasteiger partial charge in [-0.2, -0.15) is 25.9 Å². The predicted octanol–water partition coefficient (Wildman–Crippen LogP) is 6.29. The number of aliphatic hydroxyl groups is 2. The Morgan fingerprint density at radius 3 is 1.89 bits per heavy atom. The van der Waals surface area contributed by atoms with E-state index in [1.54, 1.807) is 12.1 Å². The number of nitrogens with zero attached hydrogens (tertiary/aromatic N) is 2. The number of halogens is 5. The molecule has 3 aliphatic rings. The minimum absolute atomic E-state index is 0.0332. The second kappa shape index (κ2) is 34.6. The van der Waals surface area contributed by atoms with E-state index < -0.39 is 85.5 Å². The van der Waals surface area contributed by atoms with Crippen molar-refractivity contribution in [2.75, 3.05) is 133 Å². The molecule has 0 radical (unpaired) electrons. The molecule has 2 fully saturated rings. The van der Waals surface area contributed by atoms with E-state index in [4.69, 9.17) is 56.3 Å². The number of sulfonamides is 1. The molecule has 0 saturated carbocycles. The number of carbonyl (C=O) groups is 1. The zero-order valence-corrected chi connectivity index (χ0v) is 49.1. The topological polar surface area (TPSA) is 297 Å². The summed E-state index contributed by atoms with van der Waals surface area (Å²) in [5.74, 6) is 0.434. The van der Waals surface area contributed by atoms with Gasteiger partial charge in [0.2, 0.25) is 10.0 Å². The minimum Gasteiger partial charge on any atom is -0.497 e. The molecule has 75 heavy (non-hydrogen) atoms. The Bertz CT molecular complexity index is 2220. The van der Waals surface area contributed by atoms with E-state index in [0.29, 0.717) is 38.4 Å². The second-order valence-corrected chi connectivity index (χ2v) is 28.0. The lowest BCUT2D eigenvalue weighted by Crippen LogP contribution is -2.51. The molecule has 0 aliphatic carbocycles. The summed E-state index contributed by atoms with van der Waals surface area (Å²) in [6.45, 7) is 5.10. The standard InChI is InChI=1S/C31H50N3O11PS.C5H10F3O6PS.C4H11O4P.CH2Cl2/c1-22(2)19-34(47(38,39)25-8-6-24(40-3)7-9-25)20-28(35)27(32-31(36)45-29-21-44-30-26(29)12-16-43-30)18-23-10-13-33(14-11-23)15-17-46(37,41-4)42-5;1-12-15(9,13-2)4-3-14-16(10,11)5(6,7)8;1-7-9(6,8-2)4-3-5;2-1-3/h6-10,22,26-30,35H,11-21H2,1-5H3,(H,32,36);3-4H2,1-2H3;5H,3-4H2,1-2H3;1H2/t26-,27-,28+,29-,30+;;;/m0.../s1. The first-order valence-electron chi connectivity index (χ1n) is 22.8. The largest absolute Gasteiger partial charge is 0.523 e. The average molecular weight is 1230 g/mol. The van der Waals surface area contributed by atoms with Gasteiger partial charge < -0.3 is 61.6 Å². The fourth-order valence-electron chi connectivity index (χ4n) is 6.97. The fraction of sp³-hybridized carbons (Fsp3) is 0.780. The van der Waals surface area contributed by atoms with E-state index in [2.05, 4.69) is 32.5 Å². The molecule has 5 atom stereocenters. The number of alkyl halides is 5.